The predicted molar refractivity (Wildman–Crippen MR) is 109 cm³/mol. The highest BCUT2D eigenvalue weighted by Gasteiger charge is 2.17. The van der Waals surface area contributed by atoms with Gasteiger partial charge in [0, 0.05) is 23.5 Å². The Balaban J connectivity index is 1.57. The molecule has 6 nitrogen and oxygen atoms in total. The monoisotopic (exact) mass is 417 g/mol. The number of aryl methyl sites for hydroxylation is 1. The van der Waals surface area contributed by atoms with Gasteiger partial charge in [-0.25, -0.2) is 0 Å². The molecule has 0 fully saturated rings. The maximum absolute atomic E-state index is 12.6. The van der Waals surface area contributed by atoms with Gasteiger partial charge in [0.2, 0.25) is 0 Å². The molecule has 28 heavy (non-hydrogen) atoms. The highest BCUT2D eigenvalue weighted by atomic mass is 35.5. The molecule has 1 aromatic carbocycles. The molecular weight excluding hydrogens is 398 g/mol. The summed E-state index contributed by atoms with van der Waals surface area (Å²) >= 11 is 7.25. The first-order chi connectivity index (χ1) is 13.5. The maximum Gasteiger partial charge on any atom is 0.277 e. The van der Waals surface area contributed by atoms with Crippen LogP contribution in [0.1, 0.15) is 27.6 Å². The van der Waals surface area contributed by atoms with Crippen LogP contribution in [0.2, 0.25) is 5.02 Å². The van der Waals surface area contributed by atoms with Crippen LogP contribution < -0.4 is 4.74 Å². The van der Waals surface area contributed by atoms with Crippen molar-refractivity contribution in [3.8, 4) is 5.75 Å². The van der Waals surface area contributed by atoms with E-state index in [-0.39, 0.29) is 18.1 Å². The van der Waals surface area contributed by atoms with Gasteiger partial charge in [-0.2, -0.15) is 0 Å². The van der Waals surface area contributed by atoms with Crippen LogP contribution in [0.4, 0.5) is 0 Å². The number of hydrogen-bond acceptors (Lipinski definition) is 6. The summed E-state index contributed by atoms with van der Waals surface area (Å²) in [6.07, 6.45) is 1.81. The molecule has 0 N–H and O–H groups in total. The number of halogens is 1. The standard InChI is InChI=1S/C20H20ClN3O3S/c1-4-9-24-13(2)10-15(14(24)3)17(25)12-28-20-23-22-19(27-20)11-26-18-8-6-5-7-16(18)21/h4-8,10H,1,9,11-12H2,2-3H3. The van der Waals surface area contributed by atoms with Gasteiger partial charge in [-0.05, 0) is 32.0 Å². The van der Waals surface area contributed by atoms with Crippen molar-refractivity contribution in [2.75, 3.05) is 5.75 Å². The van der Waals surface area contributed by atoms with E-state index >= 15 is 0 Å². The van der Waals surface area contributed by atoms with E-state index in [2.05, 4.69) is 21.3 Å². The summed E-state index contributed by atoms with van der Waals surface area (Å²) in [5, 5.41) is 8.73. The summed E-state index contributed by atoms with van der Waals surface area (Å²) in [5.74, 6) is 1.09. The highest BCUT2D eigenvalue weighted by Crippen LogP contribution is 2.25. The molecule has 0 saturated carbocycles. The average molecular weight is 418 g/mol. The number of hydrogen-bond donors (Lipinski definition) is 0. The van der Waals surface area contributed by atoms with Crippen LogP contribution in [0.5, 0.6) is 5.75 Å². The summed E-state index contributed by atoms with van der Waals surface area (Å²) in [4.78, 5) is 12.6. The molecule has 0 amide bonds. The lowest BCUT2D eigenvalue weighted by Gasteiger charge is -2.05. The molecule has 0 aliphatic rings. The number of carbonyl (C=O) groups is 1. The minimum Gasteiger partial charge on any atom is -0.482 e. The Kier molecular flexibility index (Phi) is 6.59. The number of ether oxygens (including phenoxy) is 1. The normalized spacial score (nSPS) is 10.8. The summed E-state index contributed by atoms with van der Waals surface area (Å²) < 4.78 is 13.2. The van der Waals surface area contributed by atoms with Crippen LogP contribution in [-0.2, 0) is 13.2 Å². The molecule has 3 rings (SSSR count). The molecule has 0 aliphatic carbocycles. The first-order valence-electron chi connectivity index (χ1n) is 8.63. The lowest BCUT2D eigenvalue weighted by molar-refractivity contribution is 0.102. The minimum absolute atomic E-state index is 0.0143. The van der Waals surface area contributed by atoms with E-state index in [1.165, 1.54) is 11.8 Å². The highest BCUT2D eigenvalue weighted by molar-refractivity contribution is 7.99. The van der Waals surface area contributed by atoms with Crippen LogP contribution >= 0.6 is 23.4 Å². The van der Waals surface area contributed by atoms with Gasteiger partial charge in [-0.3, -0.25) is 4.79 Å². The van der Waals surface area contributed by atoms with Gasteiger partial charge in [0.05, 0.1) is 10.8 Å². The Morgan fingerprint density at radius 2 is 2.14 bits per heavy atom. The number of nitrogens with zero attached hydrogens (tertiary/aromatic N) is 3. The second-order valence-electron chi connectivity index (χ2n) is 6.08. The zero-order chi connectivity index (χ0) is 20.1. The van der Waals surface area contributed by atoms with E-state index < -0.39 is 0 Å². The van der Waals surface area contributed by atoms with Gasteiger partial charge >= 0.3 is 0 Å². The number of Topliss-reactive ketones (excluding diaryl/α,β-unsaturated/α-hetero) is 1. The zero-order valence-electron chi connectivity index (χ0n) is 15.6. The lowest BCUT2D eigenvalue weighted by Crippen LogP contribution is -2.06. The van der Waals surface area contributed by atoms with E-state index in [9.17, 15) is 4.79 Å². The number of rotatable bonds is 9. The third kappa shape index (κ3) is 4.66. The Morgan fingerprint density at radius 1 is 1.36 bits per heavy atom. The quantitative estimate of drug-likeness (QED) is 0.280. The van der Waals surface area contributed by atoms with Crippen LogP contribution in [0.15, 0.2) is 52.6 Å². The topological polar surface area (TPSA) is 70.2 Å². The van der Waals surface area contributed by atoms with Crippen molar-refractivity contribution in [2.24, 2.45) is 0 Å². The zero-order valence-corrected chi connectivity index (χ0v) is 17.2. The van der Waals surface area contributed by atoms with Crippen LogP contribution in [0.3, 0.4) is 0 Å². The number of thioether (sulfide) groups is 1. The van der Waals surface area contributed by atoms with E-state index in [0.29, 0.717) is 34.0 Å². The van der Waals surface area contributed by atoms with E-state index in [0.717, 1.165) is 11.4 Å². The molecule has 0 bridgehead atoms. The van der Waals surface area contributed by atoms with Crippen molar-refractivity contribution >= 4 is 29.1 Å². The molecule has 0 radical (unpaired) electrons. The van der Waals surface area contributed by atoms with Crippen LogP contribution in [0.25, 0.3) is 0 Å². The number of allylic oxidation sites excluding steroid dienone is 1. The molecule has 3 aromatic rings. The fraction of sp³-hybridized carbons (Fsp3) is 0.250. The first kappa shape index (κ1) is 20.2. The number of para-hydroxylation sites is 1. The molecular formula is C20H20ClN3O3S. The predicted octanol–water partition coefficient (Wildman–Crippen LogP) is 4.88. The van der Waals surface area contributed by atoms with E-state index in [1.807, 2.05) is 38.1 Å². The number of ketones is 1. The van der Waals surface area contributed by atoms with Gasteiger partial charge in [0.25, 0.3) is 11.1 Å². The SMILES string of the molecule is C=CCn1c(C)cc(C(=O)CSc2nnc(COc3ccccc3Cl)o2)c1C. The molecule has 8 heteroatoms. The van der Waals surface area contributed by atoms with Crippen molar-refractivity contribution in [1.29, 1.82) is 0 Å². The molecule has 0 unspecified atom stereocenters. The van der Waals surface area contributed by atoms with Crippen molar-refractivity contribution in [3.05, 3.63) is 70.9 Å². The third-order valence-electron chi connectivity index (χ3n) is 4.15. The van der Waals surface area contributed by atoms with Crippen molar-refractivity contribution in [3.63, 3.8) is 0 Å². The van der Waals surface area contributed by atoms with Gasteiger partial charge < -0.3 is 13.7 Å². The summed E-state index contributed by atoms with van der Waals surface area (Å²) in [6, 6.07) is 9.05. The molecule has 0 atom stereocenters. The van der Waals surface area contributed by atoms with Gasteiger partial charge in [0.15, 0.2) is 12.4 Å². The molecule has 0 spiro atoms. The Hall–Kier alpha value is -2.51. The molecule has 0 aliphatic heterocycles. The van der Waals surface area contributed by atoms with E-state index in [1.54, 1.807) is 12.1 Å². The number of carbonyl (C=O) groups excluding carboxylic acids is 1. The van der Waals surface area contributed by atoms with Crippen molar-refractivity contribution < 1.29 is 13.9 Å². The van der Waals surface area contributed by atoms with Crippen LogP contribution in [0, 0.1) is 13.8 Å². The first-order valence-corrected chi connectivity index (χ1v) is 9.99. The largest absolute Gasteiger partial charge is 0.482 e. The summed E-state index contributed by atoms with van der Waals surface area (Å²) in [6.45, 7) is 8.45. The minimum atomic E-state index is 0.0143. The van der Waals surface area contributed by atoms with Crippen molar-refractivity contribution in [1.82, 2.24) is 14.8 Å². The van der Waals surface area contributed by atoms with Gasteiger partial charge in [-0.15, -0.1) is 16.8 Å². The summed E-state index contributed by atoms with van der Waals surface area (Å²) in [5.41, 5.74) is 2.67. The molecule has 146 valence electrons. The second-order valence-corrected chi connectivity index (χ2v) is 7.41. The molecule has 2 heterocycles. The second kappa shape index (κ2) is 9.12. The Bertz CT molecular complexity index is 996. The van der Waals surface area contributed by atoms with Crippen LogP contribution in [-0.4, -0.2) is 26.3 Å². The Labute approximate surface area is 172 Å². The average Bonchev–Trinajstić information content (AvgIpc) is 3.25. The third-order valence-corrected chi connectivity index (χ3v) is 5.28. The lowest BCUT2D eigenvalue weighted by atomic mass is 10.2. The fourth-order valence-electron chi connectivity index (χ4n) is 2.75. The van der Waals surface area contributed by atoms with Gasteiger partial charge in [-0.1, -0.05) is 41.6 Å². The van der Waals surface area contributed by atoms with E-state index in [4.69, 9.17) is 20.8 Å². The molecule has 0 saturated heterocycles. The molecule has 2 aromatic heterocycles. The van der Waals surface area contributed by atoms with Crippen molar-refractivity contribution in [2.45, 2.75) is 32.2 Å². The number of aromatic nitrogens is 3. The Morgan fingerprint density at radius 3 is 2.89 bits per heavy atom. The number of benzene rings is 1. The van der Waals surface area contributed by atoms with Gasteiger partial charge in [0.1, 0.15) is 5.75 Å². The fourth-order valence-corrected chi connectivity index (χ4v) is 3.61. The maximum atomic E-state index is 12.6. The summed E-state index contributed by atoms with van der Waals surface area (Å²) in [7, 11) is 0. The smallest absolute Gasteiger partial charge is 0.277 e.